The fraction of sp³-hybridized carbons (Fsp3) is 0.267. The number of rotatable bonds is 3. The zero-order chi connectivity index (χ0) is 15.7. The van der Waals surface area contributed by atoms with E-state index in [1.54, 1.807) is 18.2 Å². The van der Waals surface area contributed by atoms with Crippen LogP contribution in [-0.2, 0) is 14.6 Å². The molecule has 0 unspecified atom stereocenters. The van der Waals surface area contributed by atoms with Crippen LogP contribution in [0.3, 0.4) is 0 Å². The molecule has 0 aliphatic carbocycles. The maximum atomic E-state index is 12.3. The van der Waals surface area contributed by atoms with Crippen LogP contribution < -0.4 is 5.32 Å². The van der Waals surface area contributed by atoms with Crippen molar-refractivity contribution in [3.63, 3.8) is 0 Å². The Hall–Kier alpha value is -1.79. The maximum absolute atomic E-state index is 12.3. The van der Waals surface area contributed by atoms with Gasteiger partial charge in [0.25, 0.3) is 0 Å². The van der Waals surface area contributed by atoms with E-state index in [4.69, 9.17) is 11.6 Å². The fourth-order valence-corrected chi connectivity index (χ4v) is 4.46. The highest BCUT2D eigenvalue weighted by Crippen LogP contribution is 2.27. The number of nitrogens with zero attached hydrogens (tertiary/aromatic N) is 1. The number of halogens is 1. The lowest BCUT2D eigenvalue weighted by atomic mass is 10.1. The summed E-state index contributed by atoms with van der Waals surface area (Å²) in [4.78, 5) is 12.3. The number of hydrogen-bond donors (Lipinski definition) is 1. The topological polar surface area (TPSA) is 68.2 Å². The Morgan fingerprint density at radius 2 is 2.00 bits per heavy atom. The average molecular weight is 339 g/mol. The summed E-state index contributed by atoms with van der Waals surface area (Å²) in [6.07, 6.45) is 4.07. The molecule has 1 N–H and O–H groups in total. The summed E-state index contributed by atoms with van der Waals surface area (Å²) in [6.45, 7) is 0. The van der Waals surface area contributed by atoms with Crippen LogP contribution in [0, 0.1) is 5.92 Å². The third-order valence-corrected chi connectivity index (χ3v) is 5.71. The van der Waals surface area contributed by atoms with Crippen LogP contribution in [0.5, 0.6) is 0 Å². The smallest absolute Gasteiger partial charge is 0.228 e. The van der Waals surface area contributed by atoms with Crippen LogP contribution in [-0.4, -0.2) is 30.4 Å². The van der Waals surface area contributed by atoms with Gasteiger partial charge in [-0.3, -0.25) is 4.79 Å². The van der Waals surface area contributed by atoms with Gasteiger partial charge in [-0.2, -0.15) is 0 Å². The lowest BCUT2D eigenvalue weighted by molar-refractivity contribution is -0.119. The van der Waals surface area contributed by atoms with Gasteiger partial charge in [0, 0.05) is 17.4 Å². The highest BCUT2D eigenvalue weighted by Gasteiger charge is 2.33. The monoisotopic (exact) mass is 338 g/mol. The molecule has 0 spiro atoms. The van der Waals surface area contributed by atoms with Gasteiger partial charge in [0.05, 0.1) is 28.8 Å². The van der Waals surface area contributed by atoms with Crippen LogP contribution in [0.15, 0.2) is 42.7 Å². The minimum Gasteiger partial charge on any atom is -0.324 e. The SMILES string of the molecule is O=C(Nc1ccc(Cl)cc1-n1cccc1)[C@@H]1CCS(=O)(=O)C1. The lowest BCUT2D eigenvalue weighted by Gasteiger charge is -2.14. The molecule has 22 heavy (non-hydrogen) atoms. The average Bonchev–Trinajstić information content (AvgIpc) is 3.10. The lowest BCUT2D eigenvalue weighted by Crippen LogP contribution is -2.24. The molecule has 1 aliphatic rings. The molecule has 1 amide bonds. The predicted octanol–water partition coefficient (Wildman–Crippen LogP) is 2.50. The van der Waals surface area contributed by atoms with Crippen molar-refractivity contribution in [3.8, 4) is 5.69 Å². The molecule has 1 aliphatic heterocycles. The van der Waals surface area contributed by atoms with Gasteiger partial charge in [0.15, 0.2) is 9.84 Å². The molecule has 0 radical (unpaired) electrons. The van der Waals surface area contributed by atoms with E-state index in [2.05, 4.69) is 5.32 Å². The number of aromatic nitrogens is 1. The van der Waals surface area contributed by atoms with E-state index in [9.17, 15) is 13.2 Å². The van der Waals surface area contributed by atoms with Crippen molar-refractivity contribution in [1.29, 1.82) is 0 Å². The Balaban J connectivity index is 1.85. The van der Waals surface area contributed by atoms with Crippen molar-refractivity contribution in [3.05, 3.63) is 47.7 Å². The van der Waals surface area contributed by atoms with Gasteiger partial charge in [-0.15, -0.1) is 0 Å². The first-order valence-corrected chi connectivity index (χ1v) is 9.09. The standard InChI is InChI=1S/C15H15ClN2O3S/c16-12-3-4-13(14(9-12)18-6-1-2-7-18)17-15(19)11-5-8-22(20,21)10-11/h1-4,6-7,9,11H,5,8,10H2,(H,17,19)/t11-/m1/s1. The Bertz CT molecular complexity index is 800. The third-order valence-electron chi connectivity index (χ3n) is 3.70. The molecule has 0 bridgehead atoms. The first kappa shape index (κ1) is 15.1. The van der Waals surface area contributed by atoms with Gasteiger partial charge in [0.2, 0.25) is 5.91 Å². The molecule has 1 saturated heterocycles. The van der Waals surface area contributed by atoms with Crippen molar-refractivity contribution < 1.29 is 13.2 Å². The predicted molar refractivity (Wildman–Crippen MR) is 86.2 cm³/mol. The van der Waals surface area contributed by atoms with Crippen LogP contribution in [0.4, 0.5) is 5.69 Å². The zero-order valence-electron chi connectivity index (χ0n) is 11.7. The summed E-state index contributed by atoms with van der Waals surface area (Å²) in [7, 11) is -3.08. The highest BCUT2D eigenvalue weighted by molar-refractivity contribution is 7.91. The second kappa shape index (κ2) is 5.78. The van der Waals surface area contributed by atoms with Gasteiger partial charge >= 0.3 is 0 Å². The summed E-state index contributed by atoms with van der Waals surface area (Å²) in [5.41, 5.74) is 1.35. The Morgan fingerprint density at radius 1 is 1.27 bits per heavy atom. The van der Waals surface area contributed by atoms with Crippen molar-refractivity contribution in [2.24, 2.45) is 5.92 Å². The van der Waals surface area contributed by atoms with Gasteiger partial charge < -0.3 is 9.88 Å². The van der Waals surface area contributed by atoms with E-state index in [-0.39, 0.29) is 17.4 Å². The number of sulfone groups is 1. The second-order valence-electron chi connectivity index (χ2n) is 5.34. The molecule has 1 aromatic heterocycles. The summed E-state index contributed by atoms with van der Waals surface area (Å²) in [5, 5.41) is 3.38. The molecule has 2 aromatic rings. The fourth-order valence-electron chi connectivity index (χ4n) is 2.56. The van der Waals surface area contributed by atoms with Crippen molar-refractivity contribution in [2.75, 3.05) is 16.8 Å². The van der Waals surface area contributed by atoms with E-state index >= 15 is 0 Å². The number of nitrogens with one attached hydrogen (secondary N) is 1. The summed E-state index contributed by atoms with van der Waals surface area (Å²) in [5.74, 6) is -0.753. The van der Waals surface area contributed by atoms with Crippen molar-refractivity contribution in [2.45, 2.75) is 6.42 Å². The normalized spacial score (nSPS) is 20.0. The number of benzene rings is 1. The Labute approximate surface area is 133 Å². The number of carbonyl (C=O) groups is 1. The van der Waals surface area contributed by atoms with Gasteiger partial charge in [-0.1, -0.05) is 11.6 Å². The van der Waals surface area contributed by atoms with E-state index in [1.165, 1.54) is 0 Å². The number of anilines is 1. The molecule has 7 heteroatoms. The van der Waals surface area contributed by atoms with Crippen molar-refractivity contribution >= 4 is 33.0 Å². The minimum absolute atomic E-state index is 0.0781. The molecular weight excluding hydrogens is 324 g/mol. The molecule has 1 aromatic carbocycles. The van der Waals surface area contributed by atoms with Crippen LogP contribution >= 0.6 is 11.6 Å². The number of carbonyl (C=O) groups excluding carboxylic acids is 1. The van der Waals surface area contributed by atoms with Crippen LogP contribution in [0.1, 0.15) is 6.42 Å². The van der Waals surface area contributed by atoms with E-state index in [0.717, 1.165) is 5.69 Å². The van der Waals surface area contributed by atoms with Gasteiger partial charge in [-0.25, -0.2) is 8.42 Å². The summed E-state index contributed by atoms with van der Waals surface area (Å²) in [6, 6.07) is 8.91. The van der Waals surface area contributed by atoms with E-state index in [1.807, 2.05) is 29.1 Å². The summed E-state index contributed by atoms with van der Waals surface area (Å²) >= 11 is 6.03. The third kappa shape index (κ3) is 3.18. The zero-order valence-corrected chi connectivity index (χ0v) is 13.3. The largest absolute Gasteiger partial charge is 0.324 e. The van der Waals surface area contributed by atoms with Gasteiger partial charge in [-0.05, 0) is 36.8 Å². The first-order valence-electron chi connectivity index (χ1n) is 6.89. The molecular formula is C15H15ClN2O3S. The highest BCUT2D eigenvalue weighted by atomic mass is 35.5. The first-order chi connectivity index (χ1) is 10.4. The van der Waals surface area contributed by atoms with E-state index in [0.29, 0.717) is 17.1 Å². The Kier molecular flexibility index (Phi) is 3.97. The molecule has 2 heterocycles. The van der Waals surface area contributed by atoms with Crippen LogP contribution in [0.25, 0.3) is 5.69 Å². The van der Waals surface area contributed by atoms with Crippen molar-refractivity contribution in [1.82, 2.24) is 4.57 Å². The molecule has 5 nitrogen and oxygen atoms in total. The molecule has 3 rings (SSSR count). The van der Waals surface area contributed by atoms with E-state index < -0.39 is 15.8 Å². The molecule has 116 valence electrons. The number of hydrogen-bond acceptors (Lipinski definition) is 3. The van der Waals surface area contributed by atoms with Gasteiger partial charge in [0.1, 0.15) is 0 Å². The van der Waals surface area contributed by atoms with Crippen LogP contribution in [0.2, 0.25) is 5.02 Å². The molecule has 1 fully saturated rings. The quantitative estimate of drug-likeness (QED) is 0.935. The molecule has 1 atom stereocenters. The summed E-state index contributed by atoms with van der Waals surface area (Å²) < 4.78 is 24.8. The second-order valence-corrected chi connectivity index (χ2v) is 8.01. The number of amides is 1. The minimum atomic E-state index is -3.08. The Morgan fingerprint density at radius 3 is 2.64 bits per heavy atom. The maximum Gasteiger partial charge on any atom is 0.228 e. The molecule has 0 saturated carbocycles.